The van der Waals surface area contributed by atoms with Crippen molar-refractivity contribution in [1.29, 1.82) is 0 Å². The summed E-state index contributed by atoms with van der Waals surface area (Å²) in [7, 11) is 1.95. The van der Waals surface area contributed by atoms with E-state index in [1.807, 2.05) is 36.1 Å². The van der Waals surface area contributed by atoms with Gasteiger partial charge in [0.2, 0.25) is 0 Å². The van der Waals surface area contributed by atoms with E-state index in [2.05, 4.69) is 15.3 Å². The lowest BCUT2D eigenvalue weighted by atomic mass is 10.3. The van der Waals surface area contributed by atoms with Crippen molar-refractivity contribution in [1.82, 2.24) is 9.78 Å². The number of anilines is 1. The Kier molecular flexibility index (Phi) is 6.06. The molecule has 0 aliphatic carbocycles. The summed E-state index contributed by atoms with van der Waals surface area (Å²) in [6.45, 7) is 0.532. The van der Waals surface area contributed by atoms with Crippen LogP contribution in [0, 0.1) is 5.82 Å². The molecular formula is C16H15Cl2FN6. The van der Waals surface area contributed by atoms with Crippen LogP contribution in [0.3, 0.4) is 0 Å². The number of benzene rings is 1. The molecule has 2 aromatic heterocycles. The first-order valence-electron chi connectivity index (χ1n) is 7.15. The van der Waals surface area contributed by atoms with Crippen molar-refractivity contribution in [2.24, 2.45) is 17.3 Å². The highest BCUT2D eigenvalue weighted by atomic mass is 35.5. The Morgan fingerprint density at radius 2 is 1.96 bits per heavy atom. The summed E-state index contributed by atoms with van der Waals surface area (Å²) in [6.07, 6.45) is 5.44. The zero-order valence-corrected chi connectivity index (χ0v) is 14.8. The second-order valence-corrected chi connectivity index (χ2v) is 5.65. The van der Waals surface area contributed by atoms with Crippen LogP contribution in [0.25, 0.3) is 0 Å². The minimum Gasteiger partial charge on any atom is -1.00 e. The number of rotatable bonds is 4. The number of hydrogen-bond donors (Lipinski definition) is 1. The third-order valence-electron chi connectivity index (χ3n) is 3.42. The highest BCUT2D eigenvalue weighted by Gasteiger charge is 2.08. The Labute approximate surface area is 155 Å². The van der Waals surface area contributed by atoms with Crippen LogP contribution in [0.5, 0.6) is 0 Å². The summed E-state index contributed by atoms with van der Waals surface area (Å²) in [5.41, 5.74) is 8.00. The van der Waals surface area contributed by atoms with E-state index in [1.165, 1.54) is 24.4 Å². The number of halogens is 3. The molecule has 0 unspecified atom stereocenters. The molecule has 0 fully saturated rings. The van der Waals surface area contributed by atoms with Crippen molar-refractivity contribution in [3.63, 3.8) is 0 Å². The maximum Gasteiger partial charge on any atom is 0.168 e. The van der Waals surface area contributed by atoms with Crippen molar-refractivity contribution in [3.05, 3.63) is 65.3 Å². The fourth-order valence-corrected chi connectivity index (χ4v) is 2.23. The van der Waals surface area contributed by atoms with E-state index in [1.54, 1.807) is 4.68 Å². The normalized spacial score (nSPS) is 10.8. The molecule has 3 rings (SSSR count). The lowest BCUT2D eigenvalue weighted by molar-refractivity contribution is -0.671. The van der Waals surface area contributed by atoms with Crippen LogP contribution in [0.1, 0.15) is 5.56 Å². The first-order chi connectivity index (χ1) is 11.5. The molecule has 130 valence electrons. The van der Waals surface area contributed by atoms with Crippen molar-refractivity contribution in [2.45, 2.75) is 6.54 Å². The van der Waals surface area contributed by atoms with E-state index >= 15 is 0 Å². The van der Waals surface area contributed by atoms with Crippen LogP contribution in [0.15, 0.2) is 59.2 Å². The smallest absolute Gasteiger partial charge is 0.168 e. The number of nitrogen functional groups attached to an aromatic ring is 1. The largest absolute Gasteiger partial charge is 1.00 e. The van der Waals surface area contributed by atoms with E-state index in [4.69, 9.17) is 17.3 Å². The molecule has 25 heavy (non-hydrogen) atoms. The Morgan fingerprint density at radius 1 is 1.24 bits per heavy atom. The van der Waals surface area contributed by atoms with Gasteiger partial charge in [-0.2, -0.15) is 10.2 Å². The van der Waals surface area contributed by atoms with Crippen LogP contribution in [-0.2, 0) is 13.6 Å². The molecule has 6 nitrogen and oxygen atoms in total. The predicted octanol–water partition coefficient (Wildman–Crippen LogP) is 0.550. The van der Waals surface area contributed by atoms with Crippen molar-refractivity contribution in [3.8, 4) is 0 Å². The van der Waals surface area contributed by atoms with Gasteiger partial charge >= 0.3 is 0 Å². The fraction of sp³-hybridized carbons (Fsp3) is 0.125. The second-order valence-electron chi connectivity index (χ2n) is 5.24. The van der Waals surface area contributed by atoms with Gasteiger partial charge in [0.15, 0.2) is 12.4 Å². The molecule has 0 saturated carbocycles. The van der Waals surface area contributed by atoms with E-state index in [-0.39, 0.29) is 17.4 Å². The highest BCUT2D eigenvalue weighted by Crippen LogP contribution is 2.26. The third kappa shape index (κ3) is 4.52. The summed E-state index contributed by atoms with van der Waals surface area (Å²) in [5, 5.41) is 12.3. The quantitative estimate of drug-likeness (QED) is 0.530. The molecule has 2 N–H and O–H groups in total. The van der Waals surface area contributed by atoms with Gasteiger partial charge < -0.3 is 18.1 Å². The van der Waals surface area contributed by atoms with Gasteiger partial charge in [-0.1, -0.05) is 11.6 Å². The maximum atomic E-state index is 13.1. The van der Waals surface area contributed by atoms with Gasteiger partial charge in [-0.05, 0) is 23.8 Å². The average Bonchev–Trinajstić information content (AvgIpc) is 2.91. The monoisotopic (exact) mass is 380 g/mol. The molecule has 2 heterocycles. The van der Waals surface area contributed by atoms with Crippen molar-refractivity contribution < 1.29 is 21.4 Å². The Morgan fingerprint density at radius 3 is 2.64 bits per heavy atom. The van der Waals surface area contributed by atoms with Crippen LogP contribution in [0.2, 0.25) is 5.02 Å². The Balaban J connectivity index is 0.00000225. The van der Waals surface area contributed by atoms with E-state index in [0.717, 1.165) is 5.56 Å². The highest BCUT2D eigenvalue weighted by molar-refractivity contribution is 6.30. The summed E-state index contributed by atoms with van der Waals surface area (Å²) in [5.74, 6) is -0.0978. The summed E-state index contributed by atoms with van der Waals surface area (Å²) >= 11 is 5.71. The molecule has 3 aromatic rings. The topological polar surface area (TPSA) is 72.4 Å². The number of nitrogens with zero attached hydrogens (tertiary/aromatic N) is 5. The SMILES string of the molecule is C[n+]1ccc(Cn2ncc(N=Nc3ccc(F)c(Cl)c3)c2N)cc1.[Cl-]. The Hall–Kier alpha value is -2.51. The van der Waals surface area contributed by atoms with E-state index in [0.29, 0.717) is 23.7 Å². The van der Waals surface area contributed by atoms with Gasteiger partial charge in [0.05, 0.1) is 23.5 Å². The van der Waals surface area contributed by atoms with Gasteiger partial charge in [-0.15, -0.1) is 5.11 Å². The molecule has 0 atom stereocenters. The standard InChI is InChI=1S/C16H15ClFN6.ClH/c1-23-6-4-11(5-7-23)10-24-16(19)15(9-20-24)22-21-12-2-3-14(18)13(17)8-12;/h2-9H,10,19H2,1H3;1H/q+1;/p-1. The average molecular weight is 381 g/mol. The molecule has 9 heteroatoms. The molecule has 0 amide bonds. The lowest BCUT2D eigenvalue weighted by Crippen LogP contribution is -3.00. The zero-order chi connectivity index (χ0) is 17.1. The zero-order valence-electron chi connectivity index (χ0n) is 13.3. The number of azo groups is 1. The van der Waals surface area contributed by atoms with E-state index in [9.17, 15) is 4.39 Å². The van der Waals surface area contributed by atoms with Crippen LogP contribution in [-0.4, -0.2) is 9.78 Å². The van der Waals surface area contributed by atoms with Gasteiger partial charge in [0.1, 0.15) is 24.4 Å². The minimum absolute atomic E-state index is 0. The number of pyridine rings is 1. The predicted molar refractivity (Wildman–Crippen MR) is 88.9 cm³/mol. The minimum atomic E-state index is -0.501. The van der Waals surface area contributed by atoms with Gasteiger partial charge in [-0.3, -0.25) is 0 Å². The summed E-state index contributed by atoms with van der Waals surface area (Å²) in [6, 6.07) is 8.09. The van der Waals surface area contributed by atoms with Crippen molar-refractivity contribution >= 4 is 28.8 Å². The number of aromatic nitrogens is 3. The first kappa shape index (κ1) is 18.8. The first-order valence-corrected chi connectivity index (χ1v) is 7.53. The Bertz CT molecular complexity index is 892. The van der Waals surface area contributed by atoms with Crippen LogP contribution in [0.4, 0.5) is 21.6 Å². The molecule has 0 aliphatic heterocycles. The molecule has 1 aromatic carbocycles. The summed E-state index contributed by atoms with van der Waals surface area (Å²) in [4.78, 5) is 0. The molecular weight excluding hydrogens is 366 g/mol. The van der Waals surface area contributed by atoms with Gasteiger partial charge in [-0.25, -0.2) is 13.6 Å². The van der Waals surface area contributed by atoms with Crippen LogP contribution < -0.4 is 22.7 Å². The van der Waals surface area contributed by atoms with E-state index < -0.39 is 5.82 Å². The molecule has 0 spiro atoms. The third-order valence-corrected chi connectivity index (χ3v) is 3.71. The molecule has 0 saturated heterocycles. The van der Waals surface area contributed by atoms with Gasteiger partial charge in [0.25, 0.3) is 0 Å². The van der Waals surface area contributed by atoms with Crippen LogP contribution >= 0.6 is 11.6 Å². The maximum absolute atomic E-state index is 13.1. The number of aryl methyl sites for hydroxylation is 1. The molecule has 0 aliphatic rings. The number of nitrogens with two attached hydrogens (primary N) is 1. The van der Waals surface area contributed by atoms with Crippen molar-refractivity contribution in [2.75, 3.05) is 5.73 Å². The molecule has 0 radical (unpaired) electrons. The fourth-order valence-electron chi connectivity index (χ4n) is 2.06. The summed E-state index contributed by atoms with van der Waals surface area (Å²) < 4.78 is 16.7. The lowest BCUT2D eigenvalue weighted by Gasteiger charge is -2.03. The second kappa shape index (κ2) is 8.04. The number of hydrogen-bond acceptors (Lipinski definition) is 4. The van der Waals surface area contributed by atoms with Gasteiger partial charge in [0, 0.05) is 12.1 Å². The molecule has 0 bridgehead atoms.